The standard InChI is InChI=1S/C18H21N3O3/c1-23-16-5-4-15(12-20-16)18(22)21-17(13-6-9-24-10-7-13)14-3-2-8-19-11-14/h2-5,8,11-13,17H,6-7,9-10H2,1H3,(H,21,22). The fourth-order valence-corrected chi connectivity index (χ4v) is 2.94. The number of ether oxygens (including phenoxy) is 2. The first-order chi connectivity index (χ1) is 11.8. The minimum absolute atomic E-state index is 0.0859. The molecule has 1 amide bonds. The summed E-state index contributed by atoms with van der Waals surface area (Å²) >= 11 is 0. The van der Waals surface area contributed by atoms with Crippen molar-refractivity contribution in [3.05, 3.63) is 54.0 Å². The Kier molecular flexibility index (Phi) is 5.38. The predicted octanol–water partition coefficient (Wildman–Crippen LogP) is 2.38. The first kappa shape index (κ1) is 16.4. The molecule has 0 radical (unpaired) electrons. The fourth-order valence-electron chi connectivity index (χ4n) is 2.94. The second-order valence-corrected chi connectivity index (χ2v) is 5.78. The zero-order valence-electron chi connectivity index (χ0n) is 13.6. The summed E-state index contributed by atoms with van der Waals surface area (Å²) in [7, 11) is 1.55. The number of aromatic nitrogens is 2. The molecule has 1 fully saturated rings. The van der Waals surface area contributed by atoms with Crippen molar-refractivity contribution in [1.82, 2.24) is 15.3 Å². The molecule has 2 aromatic heterocycles. The number of methoxy groups -OCH3 is 1. The topological polar surface area (TPSA) is 73.3 Å². The quantitative estimate of drug-likeness (QED) is 0.913. The molecule has 0 spiro atoms. The fraction of sp³-hybridized carbons (Fsp3) is 0.389. The van der Waals surface area contributed by atoms with Crippen molar-refractivity contribution in [3.63, 3.8) is 0 Å². The molecule has 24 heavy (non-hydrogen) atoms. The minimum atomic E-state index is -0.148. The normalized spacial score (nSPS) is 16.4. The monoisotopic (exact) mass is 327 g/mol. The zero-order chi connectivity index (χ0) is 16.8. The van der Waals surface area contributed by atoms with E-state index in [1.807, 2.05) is 18.3 Å². The average molecular weight is 327 g/mol. The third-order valence-electron chi connectivity index (χ3n) is 4.28. The second kappa shape index (κ2) is 7.88. The number of hydrogen-bond acceptors (Lipinski definition) is 5. The van der Waals surface area contributed by atoms with Gasteiger partial charge in [-0.3, -0.25) is 9.78 Å². The van der Waals surface area contributed by atoms with Crippen LogP contribution in [0.25, 0.3) is 0 Å². The molecule has 6 heteroatoms. The SMILES string of the molecule is COc1ccc(C(=O)NC(c2cccnc2)C2CCOCC2)cn1. The van der Waals surface area contributed by atoms with Gasteiger partial charge in [-0.25, -0.2) is 4.98 Å². The van der Waals surface area contributed by atoms with Gasteiger partial charge in [0, 0.05) is 37.9 Å². The molecule has 3 heterocycles. The Labute approximate surface area is 141 Å². The zero-order valence-corrected chi connectivity index (χ0v) is 13.6. The molecule has 1 atom stereocenters. The molecule has 0 bridgehead atoms. The van der Waals surface area contributed by atoms with Crippen LogP contribution in [-0.4, -0.2) is 36.2 Å². The molecule has 6 nitrogen and oxygen atoms in total. The molecule has 1 unspecified atom stereocenters. The Morgan fingerprint density at radius 2 is 2.12 bits per heavy atom. The van der Waals surface area contributed by atoms with Crippen molar-refractivity contribution in [1.29, 1.82) is 0 Å². The van der Waals surface area contributed by atoms with Crippen LogP contribution in [0.2, 0.25) is 0 Å². The largest absolute Gasteiger partial charge is 0.481 e. The summed E-state index contributed by atoms with van der Waals surface area (Å²) in [5.74, 6) is 0.670. The van der Waals surface area contributed by atoms with E-state index >= 15 is 0 Å². The first-order valence-corrected chi connectivity index (χ1v) is 8.06. The molecule has 0 aliphatic carbocycles. The molecule has 1 aliphatic heterocycles. The van der Waals surface area contributed by atoms with E-state index in [4.69, 9.17) is 9.47 Å². The highest BCUT2D eigenvalue weighted by molar-refractivity contribution is 5.94. The number of rotatable bonds is 5. The minimum Gasteiger partial charge on any atom is -0.481 e. The van der Waals surface area contributed by atoms with E-state index in [0.717, 1.165) is 31.6 Å². The molecule has 126 valence electrons. The van der Waals surface area contributed by atoms with Crippen molar-refractivity contribution in [2.45, 2.75) is 18.9 Å². The van der Waals surface area contributed by atoms with Crippen LogP contribution in [0.1, 0.15) is 34.8 Å². The van der Waals surface area contributed by atoms with Crippen molar-refractivity contribution in [2.75, 3.05) is 20.3 Å². The first-order valence-electron chi connectivity index (χ1n) is 8.06. The van der Waals surface area contributed by atoms with Crippen LogP contribution < -0.4 is 10.1 Å². The third kappa shape index (κ3) is 3.89. The maximum Gasteiger partial charge on any atom is 0.253 e. The van der Waals surface area contributed by atoms with Crippen LogP contribution in [0.4, 0.5) is 0 Å². The van der Waals surface area contributed by atoms with Crippen molar-refractivity contribution < 1.29 is 14.3 Å². The molecular formula is C18H21N3O3. The lowest BCUT2D eigenvalue weighted by atomic mass is 9.87. The van der Waals surface area contributed by atoms with Gasteiger partial charge in [-0.05, 0) is 36.5 Å². The molecule has 0 saturated carbocycles. The summed E-state index contributed by atoms with van der Waals surface area (Å²) < 4.78 is 10.5. The van der Waals surface area contributed by atoms with E-state index in [9.17, 15) is 4.79 Å². The maximum atomic E-state index is 12.6. The number of carbonyl (C=O) groups excluding carboxylic acids is 1. The summed E-state index contributed by atoms with van der Waals surface area (Å²) in [4.78, 5) is 20.9. The van der Waals surface area contributed by atoms with Gasteiger partial charge in [0.15, 0.2) is 0 Å². The molecule has 1 N–H and O–H groups in total. The summed E-state index contributed by atoms with van der Waals surface area (Å²) in [6.07, 6.45) is 6.91. The maximum absolute atomic E-state index is 12.6. The number of amides is 1. The number of carbonyl (C=O) groups is 1. The van der Waals surface area contributed by atoms with Crippen molar-refractivity contribution in [2.24, 2.45) is 5.92 Å². The van der Waals surface area contributed by atoms with Gasteiger partial charge in [0.2, 0.25) is 5.88 Å². The van der Waals surface area contributed by atoms with Crippen LogP contribution in [-0.2, 0) is 4.74 Å². The van der Waals surface area contributed by atoms with Gasteiger partial charge in [0.1, 0.15) is 0 Å². The highest BCUT2D eigenvalue weighted by atomic mass is 16.5. The molecular weight excluding hydrogens is 306 g/mol. The van der Waals surface area contributed by atoms with Crippen molar-refractivity contribution >= 4 is 5.91 Å². The van der Waals surface area contributed by atoms with E-state index in [2.05, 4.69) is 15.3 Å². The molecule has 2 aromatic rings. The van der Waals surface area contributed by atoms with Gasteiger partial charge >= 0.3 is 0 Å². The second-order valence-electron chi connectivity index (χ2n) is 5.78. The molecule has 1 saturated heterocycles. The van der Waals surface area contributed by atoms with E-state index in [1.165, 1.54) is 6.20 Å². The van der Waals surface area contributed by atoms with Crippen LogP contribution in [0, 0.1) is 5.92 Å². The van der Waals surface area contributed by atoms with Gasteiger partial charge < -0.3 is 14.8 Å². The molecule has 1 aliphatic rings. The lowest BCUT2D eigenvalue weighted by Gasteiger charge is -2.31. The van der Waals surface area contributed by atoms with Crippen molar-refractivity contribution in [3.8, 4) is 5.88 Å². The van der Waals surface area contributed by atoms with E-state index < -0.39 is 0 Å². The Hall–Kier alpha value is -2.47. The van der Waals surface area contributed by atoms with Gasteiger partial charge in [-0.15, -0.1) is 0 Å². The summed E-state index contributed by atoms with van der Waals surface area (Å²) in [6.45, 7) is 1.45. The number of nitrogens with one attached hydrogen (secondary N) is 1. The van der Waals surface area contributed by atoms with Crippen LogP contribution >= 0.6 is 0 Å². The summed E-state index contributed by atoms with van der Waals surface area (Å²) in [5, 5.41) is 3.14. The van der Waals surface area contributed by atoms with Crippen LogP contribution in [0.15, 0.2) is 42.9 Å². The number of nitrogens with zero attached hydrogens (tertiary/aromatic N) is 2. The summed E-state index contributed by atoms with van der Waals surface area (Å²) in [5.41, 5.74) is 1.52. The molecule has 0 aromatic carbocycles. The highest BCUT2D eigenvalue weighted by Gasteiger charge is 2.27. The third-order valence-corrected chi connectivity index (χ3v) is 4.28. The smallest absolute Gasteiger partial charge is 0.253 e. The van der Waals surface area contributed by atoms with Crippen LogP contribution in [0.3, 0.4) is 0 Å². The van der Waals surface area contributed by atoms with Gasteiger partial charge in [-0.1, -0.05) is 6.07 Å². The highest BCUT2D eigenvalue weighted by Crippen LogP contribution is 2.30. The average Bonchev–Trinajstić information content (AvgIpc) is 2.67. The van der Waals surface area contributed by atoms with E-state index in [0.29, 0.717) is 17.4 Å². The van der Waals surface area contributed by atoms with Gasteiger partial charge in [-0.2, -0.15) is 0 Å². The Balaban J connectivity index is 1.78. The summed E-state index contributed by atoms with van der Waals surface area (Å²) in [6, 6.07) is 7.20. The Morgan fingerprint density at radius 3 is 2.75 bits per heavy atom. The Morgan fingerprint density at radius 1 is 1.29 bits per heavy atom. The van der Waals surface area contributed by atoms with E-state index in [1.54, 1.807) is 25.4 Å². The lowest BCUT2D eigenvalue weighted by Crippen LogP contribution is -2.36. The van der Waals surface area contributed by atoms with Gasteiger partial charge in [0.05, 0.1) is 18.7 Å². The number of pyridine rings is 2. The molecule has 3 rings (SSSR count). The lowest BCUT2D eigenvalue weighted by molar-refractivity contribution is 0.0513. The Bertz CT molecular complexity index is 655. The van der Waals surface area contributed by atoms with Crippen LogP contribution in [0.5, 0.6) is 5.88 Å². The van der Waals surface area contributed by atoms with E-state index in [-0.39, 0.29) is 11.9 Å². The predicted molar refractivity (Wildman–Crippen MR) is 88.8 cm³/mol. The number of hydrogen-bond donors (Lipinski definition) is 1. The van der Waals surface area contributed by atoms with Gasteiger partial charge in [0.25, 0.3) is 5.91 Å².